The smallest absolute Gasteiger partial charge is 0.134 e. The van der Waals surface area contributed by atoms with E-state index in [9.17, 15) is 5.11 Å². The molecule has 2 aromatic carbocycles. The number of furan rings is 1. The van der Waals surface area contributed by atoms with Crippen molar-refractivity contribution in [2.75, 3.05) is 0 Å². The minimum absolute atomic E-state index is 0.164. The lowest BCUT2D eigenvalue weighted by atomic mass is 9.74. The third-order valence-electron chi connectivity index (χ3n) is 4.01. The lowest BCUT2D eigenvalue weighted by molar-refractivity contribution is 0.112. The Kier molecular flexibility index (Phi) is 2.26. The topological polar surface area (TPSA) is 33.4 Å². The molecule has 94 valence electrons. The summed E-state index contributed by atoms with van der Waals surface area (Å²) in [5.41, 5.74) is 3.42. The molecule has 3 aromatic rings. The fourth-order valence-corrected chi connectivity index (χ4v) is 2.93. The highest BCUT2D eigenvalue weighted by molar-refractivity contribution is 5.77. The first-order chi connectivity index (χ1) is 9.33. The van der Waals surface area contributed by atoms with Gasteiger partial charge >= 0.3 is 0 Å². The molecule has 2 nitrogen and oxygen atoms in total. The second-order valence-corrected chi connectivity index (χ2v) is 5.14. The van der Waals surface area contributed by atoms with Crippen LogP contribution >= 0.6 is 0 Å². The summed E-state index contributed by atoms with van der Waals surface area (Å²) in [6, 6.07) is 18.1. The predicted molar refractivity (Wildman–Crippen MR) is 74.1 cm³/mol. The minimum Gasteiger partial charge on any atom is -0.458 e. The first-order valence-corrected chi connectivity index (χ1v) is 6.57. The molecule has 1 aliphatic carbocycles. The van der Waals surface area contributed by atoms with Crippen LogP contribution in [0, 0.1) is 0 Å². The van der Waals surface area contributed by atoms with Crippen LogP contribution in [0.25, 0.3) is 11.0 Å². The Morgan fingerprint density at radius 3 is 2.68 bits per heavy atom. The van der Waals surface area contributed by atoms with Crippen LogP contribution < -0.4 is 0 Å². The van der Waals surface area contributed by atoms with Crippen molar-refractivity contribution in [1.82, 2.24) is 0 Å². The summed E-state index contributed by atoms with van der Waals surface area (Å²) in [6.07, 6.45) is 0.372. The molecule has 4 rings (SSSR count). The van der Waals surface area contributed by atoms with E-state index < -0.39 is 6.10 Å². The molecule has 2 unspecified atom stereocenters. The highest BCUT2D eigenvalue weighted by atomic mass is 16.4. The summed E-state index contributed by atoms with van der Waals surface area (Å²) in [7, 11) is 0. The maximum absolute atomic E-state index is 10.5. The highest BCUT2D eigenvalue weighted by Crippen LogP contribution is 2.44. The number of para-hydroxylation sites is 1. The van der Waals surface area contributed by atoms with Crippen LogP contribution in [0.5, 0.6) is 0 Å². The summed E-state index contributed by atoms with van der Waals surface area (Å²) in [5, 5.41) is 11.5. The van der Waals surface area contributed by atoms with Gasteiger partial charge in [-0.25, -0.2) is 0 Å². The molecule has 1 aliphatic rings. The van der Waals surface area contributed by atoms with Crippen LogP contribution in [0.1, 0.15) is 28.9 Å². The molecule has 0 fully saturated rings. The second-order valence-electron chi connectivity index (χ2n) is 5.14. The van der Waals surface area contributed by atoms with Gasteiger partial charge in [-0.3, -0.25) is 0 Å². The van der Waals surface area contributed by atoms with Gasteiger partial charge < -0.3 is 9.52 Å². The Hall–Kier alpha value is -2.06. The van der Waals surface area contributed by atoms with Crippen molar-refractivity contribution in [2.24, 2.45) is 0 Å². The summed E-state index contributed by atoms with van der Waals surface area (Å²) < 4.78 is 5.75. The first kappa shape index (κ1) is 10.8. The molecule has 1 aromatic heterocycles. The molecular formula is C17H14O2. The van der Waals surface area contributed by atoms with Crippen molar-refractivity contribution in [3.8, 4) is 0 Å². The van der Waals surface area contributed by atoms with Gasteiger partial charge in [0.15, 0.2) is 0 Å². The average Bonchev–Trinajstić information content (AvgIpc) is 2.84. The summed E-state index contributed by atoms with van der Waals surface area (Å²) in [6.45, 7) is 0. The molecule has 0 saturated carbocycles. The first-order valence-electron chi connectivity index (χ1n) is 6.57. The molecule has 2 heteroatoms. The molecule has 0 saturated heterocycles. The fraction of sp³-hybridized carbons (Fsp3) is 0.176. The Balaban J connectivity index is 1.70. The lowest BCUT2D eigenvalue weighted by Crippen LogP contribution is -2.23. The number of aliphatic hydroxyl groups excluding tert-OH is 1. The van der Waals surface area contributed by atoms with E-state index in [0.717, 1.165) is 17.4 Å². The maximum atomic E-state index is 10.5. The second kappa shape index (κ2) is 3.97. The van der Waals surface area contributed by atoms with E-state index in [-0.39, 0.29) is 5.92 Å². The Morgan fingerprint density at radius 1 is 1.05 bits per heavy atom. The summed E-state index contributed by atoms with van der Waals surface area (Å²) >= 11 is 0. The van der Waals surface area contributed by atoms with Crippen molar-refractivity contribution < 1.29 is 9.52 Å². The zero-order chi connectivity index (χ0) is 12.8. The van der Waals surface area contributed by atoms with Gasteiger partial charge in [-0.2, -0.15) is 0 Å². The van der Waals surface area contributed by atoms with Gasteiger partial charge in [0.25, 0.3) is 0 Å². The normalized spacial score (nSPS) is 18.9. The van der Waals surface area contributed by atoms with E-state index in [1.165, 1.54) is 11.1 Å². The molecular weight excluding hydrogens is 236 g/mol. The van der Waals surface area contributed by atoms with Crippen LogP contribution in [0.2, 0.25) is 0 Å². The van der Waals surface area contributed by atoms with E-state index in [2.05, 4.69) is 12.1 Å². The fourth-order valence-electron chi connectivity index (χ4n) is 2.93. The Morgan fingerprint density at radius 2 is 1.84 bits per heavy atom. The number of fused-ring (bicyclic) bond motifs is 2. The van der Waals surface area contributed by atoms with Crippen LogP contribution in [-0.2, 0) is 6.42 Å². The molecule has 19 heavy (non-hydrogen) atoms. The monoisotopic (exact) mass is 250 g/mol. The van der Waals surface area contributed by atoms with Crippen molar-refractivity contribution in [3.05, 3.63) is 71.5 Å². The number of benzene rings is 2. The van der Waals surface area contributed by atoms with Crippen molar-refractivity contribution in [1.29, 1.82) is 0 Å². The zero-order valence-electron chi connectivity index (χ0n) is 10.4. The number of hydrogen-bond donors (Lipinski definition) is 1. The quantitative estimate of drug-likeness (QED) is 0.750. The highest BCUT2D eigenvalue weighted by Gasteiger charge is 2.34. The van der Waals surface area contributed by atoms with E-state index in [1.807, 2.05) is 42.5 Å². The van der Waals surface area contributed by atoms with Crippen molar-refractivity contribution in [3.63, 3.8) is 0 Å². The molecule has 1 heterocycles. The summed E-state index contributed by atoms with van der Waals surface area (Å²) in [4.78, 5) is 0. The Bertz CT molecular complexity index is 709. The standard InChI is InChI=1S/C17H14O2/c18-17(14-9-11-5-1-3-7-13(11)14)16-10-12-6-2-4-8-15(12)19-16/h1-8,10,14,17-18H,9H2. The number of rotatable bonds is 2. The molecule has 0 aliphatic heterocycles. The average molecular weight is 250 g/mol. The van der Waals surface area contributed by atoms with Crippen molar-refractivity contribution in [2.45, 2.75) is 18.4 Å². The molecule has 0 bridgehead atoms. The molecule has 0 spiro atoms. The van der Waals surface area contributed by atoms with E-state index in [0.29, 0.717) is 5.76 Å². The molecule has 1 N–H and O–H groups in total. The van der Waals surface area contributed by atoms with Gasteiger partial charge in [0.05, 0.1) is 0 Å². The van der Waals surface area contributed by atoms with Crippen molar-refractivity contribution >= 4 is 11.0 Å². The minimum atomic E-state index is -0.553. The van der Waals surface area contributed by atoms with Gasteiger partial charge in [-0.15, -0.1) is 0 Å². The van der Waals surface area contributed by atoms with E-state index >= 15 is 0 Å². The number of hydrogen-bond acceptors (Lipinski definition) is 2. The van der Waals surface area contributed by atoms with Gasteiger partial charge in [-0.1, -0.05) is 42.5 Å². The van der Waals surface area contributed by atoms with E-state index in [4.69, 9.17) is 4.42 Å². The SMILES string of the molecule is OC(c1cc2ccccc2o1)C1Cc2ccccc21. The van der Waals surface area contributed by atoms with Gasteiger partial charge in [0.1, 0.15) is 17.4 Å². The lowest BCUT2D eigenvalue weighted by Gasteiger charge is -2.32. The van der Waals surface area contributed by atoms with E-state index in [1.54, 1.807) is 0 Å². The number of aliphatic hydroxyl groups is 1. The van der Waals surface area contributed by atoms with Gasteiger partial charge in [-0.05, 0) is 29.7 Å². The van der Waals surface area contributed by atoms with Gasteiger partial charge in [0.2, 0.25) is 0 Å². The predicted octanol–water partition coefficient (Wildman–Crippen LogP) is 3.81. The van der Waals surface area contributed by atoms with Crippen LogP contribution in [-0.4, -0.2) is 5.11 Å². The maximum Gasteiger partial charge on any atom is 0.134 e. The van der Waals surface area contributed by atoms with Gasteiger partial charge in [0, 0.05) is 11.3 Å². The molecule has 0 amide bonds. The summed E-state index contributed by atoms with van der Waals surface area (Å²) in [5.74, 6) is 0.831. The van der Waals surface area contributed by atoms with Crippen LogP contribution in [0.3, 0.4) is 0 Å². The Labute approximate surface area is 111 Å². The van der Waals surface area contributed by atoms with Crippen LogP contribution in [0.15, 0.2) is 59.0 Å². The largest absolute Gasteiger partial charge is 0.458 e. The molecule has 2 atom stereocenters. The van der Waals surface area contributed by atoms with Crippen LogP contribution in [0.4, 0.5) is 0 Å². The third-order valence-corrected chi connectivity index (χ3v) is 4.01. The third kappa shape index (κ3) is 1.60. The molecule has 0 radical (unpaired) electrons. The zero-order valence-corrected chi connectivity index (χ0v) is 10.4.